The molecule has 0 saturated heterocycles. The highest BCUT2D eigenvalue weighted by atomic mass is 32.1. The molecule has 0 atom stereocenters. The van der Waals surface area contributed by atoms with E-state index in [1.165, 1.54) is 25.6 Å². The molecule has 94 valence electrons. The minimum absolute atomic E-state index is 0.254. The molecule has 1 aromatic heterocycles. The third kappa shape index (κ3) is 3.42. The molecule has 5 nitrogen and oxygen atoms in total. The van der Waals surface area contributed by atoms with Crippen LogP contribution in [0, 0.1) is 13.8 Å². The quantitative estimate of drug-likeness (QED) is 0.439. The fraction of sp³-hybridized carbons (Fsp3) is 0.545. The summed E-state index contributed by atoms with van der Waals surface area (Å²) in [6.07, 6.45) is -1.24. The Morgan fingerprint density at radius 2 is 1.88 bits per heavy atom. The van der Waals surface area contributed by atoms with E-state index < -0.39 is 12.1 Å². The van der Waals surface area contributed by atoms with Crippen LogP contribution in [0.1, 0.15) is 26.8 Å². The van der Waals surface area contributed by atoms with Gasteiger partial charge in [-0.1, -0.05) is 0 Å². The van der Waals surface area contributed by atoms with Crippen LogP contribution in [0.5, 0.6) is 0 Å². The minimum atomic E-state index is -0.987. The van der Waals surface area contributed by atoms with Gasteiger partial charge < -0.3 is 9.47 Å². The van der Waals surface area contributed by atoms with Crippen LogP contribution < -0.4 is 0 Å². The molecule has 0 aromatic carbocycles. The molecular formula is C11H15NO4S. The maximum atomic E-state index is 11.8. The number of rotatable bonds is 6. The molecule has 0 saturated carbocycles. The van der Waals surface area contributed by atoms with Gasteiger partial charge in [-0.25, -0.2) is 4.98 Å². The third-order valence-electron chi connectivity index (χ3n) is 2.19. The Balaban J connectivity index is 2.73. The summed E-state index contributed by atoms with van der Waals surface area (Å²) >= 11 is 1.44. The number of methoxy groups -OCH3 is 2. The van der Waals surface area contributed by atoms with E-state index in [9.17, 15) is 9.59 Å². The highest BCUT2D eigenvalue weighted by Gasteiger charge is 2.23. The first-order valence-electron chi connectivity index (χ1n) is 5.05. The van der Waals surface area contributed by atoms with Gasteiger partial charge in [-0.2, -0.15) is 0 Å². The second kappa shape index (κ2) is 6.00. The zero-order chi connectivity index (χ0) is 13.0. The monoisotopic (exact) mass is 257 g/mol. The third-order valence-corrected chi connectivity index (χ3v) is 3.08. The Labute approximate surface area is 104 Å². The lowest BCUT2D eigenvalue weighted by atomic mass is 10.1. The van der Waals surface area contributed by atoms with Gasteiger partial charge in [0.25, 0.3) is 0 Å². The van der Waals surface area contributed by atoms with Gasteiger partial charge in [-0.05, 0) is 13.8 Å². The second-order valence-corrected chi connectivity index (χ2v) is 4.91. The van der Waals surface area contributed by atoms with Crippen LogP contribution >= 0.6 is 11.3 Å². The molecule has 1 heterocycles. The van der Waals surface area contributed by atoms with E-state index in [1.54, 1.807) is 0 Å². The number of ether oxygens (including phenoxy) is 2. The number of hydrogen-bond donors (Lipinski definition) is 0. The predicted octanol–water partition coefficient (Wildman–Crippen LogP) is 1.52. The largest absolute Gasteiger partial charge is 0.349 e. The molecule has 0 unspecified atom stereocenters. The first-order chi connectivity index (χ1) is 7.99. The lowest BCUT2D eigenvalue weighted by Crippen LogP contribution is -2.27. The zero-order valence-electron chi connectivity index (χ0n) is 10.3. The molecule has 0 amide bonds. The van der Waals surface area contributed by atoms with Gasteiger partial charge >= 0.3 is 0 Å². The van der Waals surface area contributed by atoms with E-state index in [0.717, 1.165) is 9.88 Å². The summed E-state index contributed by atoms with van der Waals surface area (Å²) < 4.78 is 9.58. The van der Waals surface area contributed by atoms with Crippen LogP contribution in [0.25, 0.3) is 0 Å². The molecule has 0 N–H and O–H groups in total. The van der Waals surface area contributed by atoms with Gasteiger partial charge in [-0.15, -0.1) is 11.3 Å². The molecule has 17 heavy (non-hydrogen) atoms. The van der Waals surface area contributed by atoms with Gasteiger partial charge in [0.15, 0.2) is 11.6 Å². The number of carbonyl (C=O) groups excluding carboxylic acids is 2. The van der Waals surface area contributed by atoms with Crippen molar-refractivity contribution in [3.8, 4) is 0 Å². The lowest BCUT2D eigenvalue weighted by molar-refractivity contribution is -0.155. The van der Waals surface area contributed by atoms with Gasteiger partial charge in [0, 0.05) is 19.1 Å². The van der Waals surface area contributed by atoms with Crippen molar-refractivity contribution in [3.05, 3.63) is 15.6 Å². The van der Waals surface area contributed by atoms with Crippen LogP contribution in [-0.2, 0) is 14.3 Å². The molecule has 1 rings (SSSR count). The van der Waals surface area contributed by atoms with Crippen molar-refractivity contribution in [2.45, 2.75) is 26.6 Å². The number of aryl methyl sites for hydroxylation is 2. The van der Waals surface area contributed by atoms with Crippen molar-refractivity contribution >= 4 is 22.9 Å². The SMILES string of the molecule is COC(OC)C(=O)CC(=O)c1nc(C)sc1C. The number of carbonyl (C=O) groups is 2. The van der Waals surface area contributed by atoms with Crippen molar-refractivity contribution in [2.24, 2.45) is 0 Å². The average Bonchev–Trinajstić information content (AvgIpc) is 2.59. The van der Waals surface area contributed by atoms with Gasteiger partial charge in [0.2, 0.25) is 6.29 Å². The fourth-order valence-electron chi connectivity index (χ4n) is 1.47. The van der Waals surface area contributed by atoms with Crippen molar-refractivity contribution < 1.29 is 19.1 Å². The Bertz CT molecular complexity index is 423. The van der Waals surface area contributed by atoms with E-state index in [-0.39, 0.29) is 12.2 Å². The number of Topliss-reactive ketones (excluding diaryl/α,β-unsaturated/α-hetero) is 2. The Morgan fingerprint density at radius 1 is 1.29 bits per heavy atom. The highest BCUT2D eigenvalue weighted by Crippen LogP contribution is 2.18. The van der Waals surface area contributed by atoms with E-state index in [2.05, 4.69) is 4.98 Å². The molecule has 0 aliphatic heterocycles. The molecule has 0 aliphatic rings. The number of ketones is 2. The second-order valence-electron chi connectivity index (χ2n) is 3.51. The minimum Gasteiger partial charge on any atom is -0.349 e. The van der Waals surface area contributed by atoms with E-state index in [4.69, 9.17) is 9.47 Å². The highest BCUT2D eigenvalue weighted by molar-refractivity contribution is 7.11. The summed E-state index contributed by atoms with van der Waals surface area (Å²) in [6.45, 7) is 3.63. The topological polar surface area (TPSA) is 65.5 Å². The molecule has 0 bridgehead atoms. The first-order valence-corrected chi connectivity index (χ1v) is 5.86. The van der Waals surface area contributed by atoms with E-state index >= 15 is 0 Å². The Morgan fingerprint density at radius 3 is 2.29 bits per heavy atom. The average molecular weight is 257 g/mol. The zero-order valence-corrected chi connectivity index (χ0v) is 11.1. The van der Waals surface area contributed by atoms with Crippen LogP contribution in [0.4, 0.5) is 0 Å². The van der Waals surface area contributed by atoms with Crippen LogP contribution in [0.15, 0.2) is 0 Å². The molecule has 1 aromatic rings. The van der Waals surface area contributed by atoms with Crippen LogP contribution in [0.2, 0.25) is 0 Å². The van der Waals surface area contributed by atoms with Crippen LogP contribution in [0.3, 0.4) is 0 Å². The summed E-state index contributed by atoms with van der Waals surface area (Å²) in [5.74, 6) is -0.694. The van der Waals surface area contributed by atoms with Crippen molar-refractivity contribution in [3.63, 3.8) is 0 Å². The van der Waals surface area contributed by atoms with E-state index in [1.807, 2.05) is 13.8 Å². The molecule has 6 heteroatoms. The number of hydrogen-bond acceptors (Lipinski definition) is 6. The van der Waals surface area contributed by atoms with Gasteiger partial charge in [-0.3, -0.25) is 9.59 Å². The molecule has 0 spiro atoms. The van der Waals surface area contributed by atoms with E-state index in [0.29, 0.717) is 5.69 Å². The number of thiazole rings is 1. The fourth-order valence-corrected chi connectivity index (χ4v) is 2.31. The number of aromatic nitrogens is 1. The number of nitrogens with zero attached hydrogens (tertiary/aromatic N) is 1. The molecular weight excluding hydrogens is 242 g/mol. The van der Waals surface area contributed by atoms with Gasteiger partial charge in [0.05, 0.1) is 11.4 Å². The molecule has 0 fully saturated rings. The molecule has 0 radical (unpaired) electrons. The summed E-state index contributed by atoms with van der Waals surface area (Å²) in [6, 6.07) is 0. The summed E-state index contributed by atoms with van der Waals surface area (Å²) in [4.78, 5) is 28.4. The van der Waals surface area contributed by atoms with Crippen LogP contribution in [-0.4, -0.2) is 37.1 Å². The lowest BCUT2D eigenvalue weighted by Gasteiger charge is -2.10. The van der Waals surface area contributed by atoms with Gasteiger partial charge in [0.1, 0.15) is 5.69 Å². The smallest absolute Gasteiger partial charge is 0.217 e. The maximum absolute atomic E-state index is 11.8. The molecule has 0 aliphatic carbocycles. The Kier molecular flexibility index (Phi) is 4.92. The summed E-state index contributed by atoms with van der Waals surface area (Å²) in [7, 11) is 2.71. The van der Waals surface area contributed by atoms with Crippen molar-refractivity contribution in [1.29, 1.82) is 0 Å². The van der Waals surface area contributed by atoms with Crippen molar-refractivity contribution in [2.75, 3.05) is 14.2 Å². The summed E-state index contributed by atoms with van der Waals surface area (Å²) in [5.41, 5.74) is 0.367. The summed E-state index contributed by atoms with van der Waals surface area (Å²) in [5, 5.41) is 0.813. The standard InChI is InChI=1S/C11H15NO4S/c1-6-10(12-7(2)17-6)8(13)5-9(14)11(15-3)16-4/h11H,5H2,1-4H3. The predicted molar refractivity (Wildman–Crippen MR) is 63.3 cm³/mol. The first kappa shape index (κ1) is 14.0. The Hall–Kier alpha value is -1.11. The van der Waals surface area contributed by atoms with Crippen molar-refractivity contribution in [1.82, 2.24) is 4.98 Å². The maximum Gasteiger partial charge on any atom is 0.217 e. The normalized spacial score (nSPS) is 10.9.